The van der Waals surface area contributed by atoms with Gasteiger partial charge in [0.05, 0.1) is 13.2 Å². The largest absolute Gasteiger partial charge is 0.392 e. The molecule has 1 aromatic carbocycles. The second-order valence-electron chi connectivity index (χ2n) is 3.10. The molecule has 4 N–H and O–H groups in total. The molecule has 1 aromatic rings. The van der Waals surface area contributed by atoms with E-state index < -0.39 is 5.91 Å². The smallest absolute Gasteiger partial charge is 0.248 e. The zero-order valence-corrected chi connectivity index (χ0v) is 7.95. The van der Waals surface area contributed by atoms with Crippen LogP contribution in [0.2, 0.25) is 0 Å². The van der Waals surface area contributed by atoms with Crippen molar-refractivity contribution in [1.29, 1.82) is 0 Å². The third kappa shape index (κ3) is 1.92. The maximum Gasteiger partial charge on any atom is 0.248 e. The van der Waals surface area contributed by atoms with E-state index in [9.17, 15) is 4.79 Å². The van der Waals surface area contributed by atoms with Crippen LogP contribution >= 0.6 is 0 Å². The zero-order chi connectivity index (χ0) is 10.7. The Morgan fingerprint density at radius 1 is 1.29 bits per heavy atom. The van der Waals surface area contributed by atoms with Crippen LogP contribution in [0, 0.1) is 6.92 Å². The number of carbonyl (C=O) groups excluding carboxylic acids is 1. The molecule has 0 aliphatic carbocycles. The molecular formula is C10H13NO3. The second-order valence-corrected chi connectivity index (χ2v) is 3.10. The van der Waals surface area contributed by atoms with Gasteiger partial charge in [-0.05, 0) is 35.7 Å². The summed E-state index contributed by atoms with van der Waals surface area (Å²) in [5.74, 6) is -0.561. The summed E-state index contributed by atoms with van der Waals surface area (Å²) < 4.78 is 0. The number of hydrogen-bond acceptors (Lipinski definition) is 3. The van der Waals surface area contributed by atoms with E-state index in [2.05, 4.69) is 0 Å². The van der Waals surface area contributed by atoms with Crippen LogP contribution in [-0.2, 0) is 13.2 Å². The molecule has 1 rings (SSSR count). The van der Waals surface area contributed by atoms with Crippen LogP contribution in [0.1, 0.15) is 27.0 Å². The average molecular weight is 195 g/mol. The summed E-state index contributed by atoms with van der Waals surface area (Å²) in [6.07, 6.45) is 0. The first kappa shape index (κ1) is 10.7. The van der Waals surface area contributed by atoms with E-state index in [1.54, 1.807) is 6.92 Å². The van der Waals surface area contributed by atoms with Gasteiger partial charge in [-0.15, -0.1) is 0 Å². The monoisotopic (exact) mass is 195 g/mol. The fraction of sp³-hybridized carbons (Fsp3) is 0.300. The number of nitrogens with two attached hydrogens (primary N) is 1. The number of benzene rings is 1. The van der Waals surface area contributed by atoms with E-state index in [4.69, 9.17) is 15.9 Å². The maximum atomic E-state index is 10.9. The van der Waals surface area contributed by atoms with Gasteiger partial charge in [-0.25, -0.2) is 0 Å². The van der Waals surface area contributed by atoms with E-state index >= 15 is 0 Å². The first-order valence-corrected chi connectivity index (χ1v) is 4.24. The quantitative estimate of drug-likeness (QED) is 0.638. The number of primary amides is 1. The maximum absolute atomic E-state index is 10.9. The Labute approximate surface area is 82.0 Å². The standard InChI is InChI=1S/C10H13NO3/c1-6-8(4-12)2-7(10(11)14)3-9(6)5-13/h2-3,12-13H,4-5H2,1H3,(H2,11,14). The van der Waals surface area contributed by atoms with Crippen LogP contribution in [0.15, 0.2) is 12.1 Å². The van der Waals surface area contributed by atoms with Crippen LogP contribution in [0.4, 0.5) is 0 Å². The third-order valence-corrected chi connectivity index (χ3v) is 2.25. The Kier molecular flexibility index (Phi) is 3.22. The van der Waals surface area contributed by atoms with Crippen molar-refractivity contribution in [2.45, 2.75) is 20.1 Å². The van der Waals surface area contributed by atoms with Crippen LogP contribution in [0.3, 0.4) is 0 Å². The van der Waals surface area contributed by atoms with Crippen molar-refractivity contribution in [3.63, 3.8) is 0 Å². The molecule has 0 atom stereocenters. The molecule has 76 valence electrons. The van der Waals surface area contributed by atoms with Gasteiger partial charge in [0.25, 0.3) is 0 Å². The van der Waals surface area contributed by atoms with Gasteiger partial charge in [0.1, 0.15) is 0 Å². The summed E-state index contributed by atoms with van der Waals surface area (Å²) in [7, 11) is 0. The molecule has 0 bridgehead atoms. The lowest BCUT2D eigenvalue weighted by Crippen LogP contribution is -2.13. The van der Waals surface area contributed by atoms with Gasteiger partial charge < -0.3 is 15.9 Å². The van der Waals surface area contributed by atoms with E-state index in [1.165, 1.54) is 12.1 Å². The summed E-state index contributed by atoms with van der Waals surface area (Å²) in [5, 5.41) is 18.0. The molecule has 0 saturated carbocycles. The molecule has 0 aliphatic rings. The second kappa shape index (κ2) is 4.21. The lowest BCUT2D eigenvalue weighted by molar-refractivity contribution is 0.1000. The first-order valence-electron chi connectivity index (χ1n) is 4.24. The molecule has 0 aliphatic heterocycles. The lowest BCUT2D eigenvalue weighted by Gasteiger charge is -2.09. The van der Waals surface area contributed by atoms with E-state index in [-0.39, 0.29) is 13.2 Å². The third-order valence-electron chi connectivity index (χ3n) is 2.25. The summed E-state index contributed by atoms with van der Waals surface area (Å²) in [6.45, 7) is 1.45. The van der Waals surface area contributed by atoms with Crippen molar-refractivity contribution in [2.24, 2.45) is 5.73 Å². The fourth-order valence-electron chi connectivity index (χ4n) is 1.31. The zero-order valence-electron chi connectivity index (χ0n) is 7.95. The predicted octanol–water partition coefficient (Wildman–Crippen LogP) is 0.0785. The topological polar surface area (TPSA) is 83.5 Å². The molecule has 4 heteroatoms. The molecule has 1 amide bonds. The molecule has 0 unspecified atom stereocenters. The highest BCUT2D eigenvalue weighted by atomic mass is 16.3. The molecule has 0 heterocycles. The number of carbonyl (C=O) groups is 1. The van der Waals surface area contributed by atoms with Crippen molar-refractivity contribution < 1.29 is 15.0 Å². The number of aliphatic hydroxyl groups excluding tert-OH is 2. The highest BCUT2D eigenvalue weighted by Crippen LogP contribution is 2.17. The molecule has 4 nitrogen and oxygen atoms in total. The summed E-state index contributed by atoms with van der Waals surface area (Å²) >= 11 is 0. The minimum atomic E-state index is -0.561. The van der Waals surface area contributed by atoms with Crippen LogP contribution in [0.25, 0.3) is 0 Å². The van der Waals surface area contributed by atoms with Gasteiger partial charge in [0.2, 0.25) is 5.91 Å². The molecule has 0 spiro atoms. The van der Waals surface area contributed by atoms with Crippen LogP contribution in [-0.4, -0.2) is 16.1 Å². The summed E-state index contributed by atoms with van der Waals surface area (Å²) in [6, 6.07) is 3.08. The molecule has 0 aromatic heterocycles. The number of hydrogen-bond donors (Lipinski definition) is 3. The molecule has 0 fully saturated rings. The van der Waals surface area contributed by atoms with Gasteiger partial charge in [-0.2, -0.15) is 0 Å². The van der Waals surface area contributed by atoms with Gasteiger partial charge in [0, 0.05) is 5.56 Å². The number of amides is 1. The van der Waals surface area contributed by atoms with Crippen LogP contribution < -0.4 is 5.73 Å². The van der Waals surface area contributed by atoms with Gasteiger partial charge >= 0.3 is 0 Å². The number of rotatable bonds is 3. The van der Waals surface area contributed by atoms with Gasteiger partial charge in [-0.3, -0.25) is 4.79 Å². The van der Waals surface area contributed by atoms with Crippen molar-refractivity contribution >= 4 is 5.91 Å². The lowest BCUT2D eigenvalue weighted by atomic mass is 9.99. The summed E-state index contributed by atoms with van der Waals surface area (Å²) in [5.41, 5.74) is 7.44. The SMILES string of the molecule is Cc1c(CO)cc(C(N)=O)cc1CO. The highest BCUT2D eigenvalue weighted by molar-refractivity contribution is 5.93. The van der Waals surface area contributed by atoms with Gasteiger partial charge in [-0.1, -0.05) is 0 Å². The van der Waals surface area contributed by atoms with E-state index in [0.717, 1.165) is 5.56 Å². The summed E-state index contributed by atoms with van der Waals surface area (Å²) in [4.78, 5) is 10.9. The van der Waals surface area contributed by atoms with Crippen molar-refractivity contribution in [1.82, 2.24) is 0 Å². The number of aliphatic hydroxyl groups is 2. The molecule has 14 heavy (non-hydrogen) atoms. The molecular weight excluding hydrogens is 182 g/mol. The predicted molar refractivity (Wildman–Crippen MR) is 51.5 cm³/mol. The first-order chi connectivity index (χ1) is 6.60. The Balaban J connectivity index is 3.32. The van der Waals surface area contributed by atoms with Crippen LogP contribution in [0.5, 0.6) is 0 Å². The molecule has 0 saturated heterocycles. The molecule has 0 radical (unpaired) electrons. The highest BCUT2D eigenvalue weighted by Gasteiger charge is 2.08. The minimum absolute atomic E-state index is 0.167. The minimum Gasteiger partial charge on any atom is -0.392 e. The average Bonchev–Trinajstić information content (AvgIpc) is 2.17. The normalized spacial score (nSPS) is 10.2. The Hall–Kier alpha value is -1.39. The van der Waals surface area contributed by atoms with E-state index in [1.807, 2.05) is 0 Å². The fourth-order valence-corrected chi connectivity index (χ4v) is 1.31. The Bertz CT molecular complexity index is 335. The van der Waals surface area contributed by atoms with E-state index in [0.29, 0.717) is 16.7 Å². The van der Waals surface area contributed by atoms with Crippen molar-refractivity contribution in [3.05, 3.63) is 34.4 Å². The van der Waals surface area contributed by atoms with Crippen molar-refractivity contribution in [2.75, 3.05) is 0 Å². The Morgan fingerprint density at radius 3 is 2.00 bits per heavy atom. The van der Waals surface area contributed by atoms with Crippen molar-refractivity contribution in [3.8, 4) is 0 Å². The Morgan fingerprint density at radius 2 is 1.71 bits per heavy atom. The van der Waals surface area contributed by atoms with Gasteiger partial charge in [0.15, 0.2) is 0 Å².